The van der Waals surface area contributed by atoms with Gasteiger partial charge in [-0.05, 0) is 19.1 Å². The van der Waals surface area contributed by atoms with E-state index in [0.29, 0.717) is 0 Å². The van der Waals surface area contributed by atoms with E-state index in [4.69, 9.17) is 4.42 Å². The van der Waals surface area contributed by atoms with Crippen LogP contribution in [0, 0.1) is 0 Å². The fourth-order valence-electron chi connectivity index (χ4n) is 1.22. The first-order valence-electron chi connectivity index (χ1n) is 4.33. The lowest BCUT2D eigenvalue weighted by Gasteiger charge is -2.11. The predicted octanol–water partition coefficient (Wildman–Crippen LogP) is 2.03. The lowest BCUT2D eigenvalue weighted by Crippen LogP contribution is -2.22. The zero-order valence-corrected chi connectivity index (χ0v) is 8.30. The van der Waals surface area contributed by atoms with Crippen LogP contribution in [0.4, 0.5) is 0 Å². The molecule has 0 radical (unpaired) electrons. The molecule has 0 aromatic carbocycles. The molecule has 1 N–H and O–H groups in total. The van der Waals surface area contributed by atoms with E-state index in [-0.39, 0.29) is 6.04 Å². The van der Waals surface area contributed by atoms with Gasteiger partial charge in [-0.1, -0.05) is 11.8 Å². The summed E-state index contributed by atoms with van der Waals surface area (Å²) in [5, 5.41) is 4.33. The first kappa shape index (κ1) is 8.69. The highest BCUT2D eigenvalue weighted by atomic mass is 32.2. The summed E-state index contributed by atoms with van der Waals surface area (Å²) in [5.41, 5.74) is 0. The number of nitrogens with zero attached hydrogens (tertiary/aromatic N) is 1. The number of nitrogens with one attached hydrogen (secondary N) is 1. The monoisotopic (exact) mass is 196 g/mol. The maximum absolute atomic E-state index is 5.28. The van der Waals surface area contributed by atoms with Gasteiger partial charge in [0.2, 0.25) is 0 Å². The highest BCUT2D eigenvalue weighted by molar-refractivity contribution is 8.14. The molecule has 1 aliphatic rings. The van der Waals surface area contributed by atoms with Gasteiger partial charge in [-0.2, -0.15) is 0 Å². The summed E-state index contributed by atoms with van der Waals surface area (Å²) in [5.74, 6) is 2.04. The Hall–Kier alpha value is -0.900. The van der Waals surface area contributed by atoms with E-state index in [1.165, 1.54) is 0 Å². The number of aliphatic imine (C=N–C) groups is 1. The van der Waals surface area contributed by atoms with Crippen molar-refractivity contribution in [2.75, 3.05) is 12.3 Å². The second kappa shape index (κ2) is 3.87. The zero-order valence-electron chi connectivity index (χ0n) is 7.49. The Bertz CT molecular complexity index is 295. The van der Waals surface area contributed by atoms with Crippen LogP contribution in [0.2, 0.25) is 0 Å². The first-order valence-corrected chi connectivity index (χ1v) is 5.32. The maximum Gasteiger partial charge on any atom is 0.157 e. The van der Waals surface area contributed by atoms with Crippen LogP contribution >= 0.6 is 11.8 Å². The van der Waals surface area contributed by atoms with Crippen LogP contribution in [0.25, 0.3) is 0 Å². The molecule has 1 aromatic rings. The second-order valence-corrected chi connectivity index (χ2v) is 4.00. The molecule has 1 aliphatic heterocycles. The molecule has 2 rings (SSSR count). The van der Waals surface area contributed by atoms with Gasteiger partial charge in [-0.25, -0.2) is 0 Å². The highest BCUT2D eigenvalue weighted by Crippen LogP contribution is 2.16. The summed E-state index contributed by atoms with van der Waals surface area (Å²) < 4.78 is 5.28. The van der Waals surface area contributed by atoms with E-state index in [1.807, 2.05) is 12.1 Å². The van der Waals surface area contributed by atoms with E-state index in [9.17, 15) is 0 Å². The van der Waals surface area contributed by atoms with Crippen molar-refractivity contribution in [3.8, 4) is 0 Å². The molecule has 0 spiro atoms. The van der Waals surface area contributed by atoms with Gasteiger partial charge < -0.3 is 9.73 Å². The van der Waals surface area contributed by atoms with Crippen molar-refractivity contribution in [3.63, 3.8) is 0 Å². The van der Waals surface area contributed by atoms with Gasteiger partial charge in [0, 0.05) is 5.75 Å². The van der Waals surface area contributed by atoms with Crippen molar-refractivity contribution in [2.45, 2.75) is 13.0 Å². The Morgan fingerprint density at radius 2 is 2.62 bits per heavy atom. The van der Waals surface area contributed by atoms with Gasteiger partial charge in [0.15, 0.2) is 5.17 Å². The fraction of sp³-hybridized carbons (Fsp3) is 0.444. The molecule has 1 unspecified atom stereocenters. The molecule has 70 valence electrons. The van der Waals surface area contributed by atoms with Gasteiger partial charge >= 0.3 is 0 Å². The Labute approximate surface area is 81.6 Å². The van der Waals surface area contributed by atoms with Crippen LogP contribution in [-0.4, -0.2) is 17.5 Å². The van der Waals surface area contributed by atoms with E-state index < -0.39 is 0 Å². The molecule has 1 aromatic heterocycles. The summed E-state index contributed by atoms with van der Waals surface area (Å²) in [6.45, 7) is 3.00. The Morgan fingerprint density at radius 1 is 1.69 bits per heavy atom. The molecular weight excluding hydrogens is 184 g/mol. The molecule has 0 fully saturated rings. The van der Waals surface area contributed by atoms with Crippen molar-refractivity contribution >= 4 is 16.9 Å². The standard InChI is InChI=1S/C9H12N2OS/c1-7(8-3-2-5-12-8)11-9-10-4-6-13-9/h2-3,5,7H,4,6H2,1H3,(H,10,11). The Morgan fingerprint density at radius 3 is 3.23 bits per heavy atom. The molecule has 0 aliphatic carbocycles. The van der Waals surface area contributed by atoms with Gasteiger partial charge in [-0.15, -0.1) is 0 Å². The molecule has 1 atom stereocenters. The number of hydrogen-bond donors (Lipinski definition) is 1. The first-order chi connectivity index (χ1) is 6.36. The summed E-state index contributed by atoms with van der Waals surface area (Å²) in [4.78, 5) is 4.31. The summed E-state index contributed by atoms with van der Waals surface area (Å²) >= 11 is 1.77. The molecule has 0 bridgehead atoms. The average Bonchev–Trinajstić information content (AvgIpc) is 2.74. The third-order valence-corrected chi connectivity index (χ3v) is 2.80. The van der Waals surface area contributed by atoms with Crippen molar-refractivity contribution in [1.82, 2.24) is 5.32 Å². The maximum atomic E-state index is 5.28. The largest absolute Gasteiger partial charge is 0.467 e. The van der Waals surface area contributed by atoms with E-state index in [2.05, 4.69) is 17.2 Å². The number of rotatable bonds is 2. The van der Waals surface area contributed by atoms with Gasteiger partial charge in [0.05, 0.1) is 18.8 Å². The minimum atomic E-state index is 0.208. The van der Waals surface area contributed by atoms with E-state index in [0.717, 1.165) is 23.2 Å². The fourth-order valence-corrected chi connectivity index (χ4v) is 2.04. The SMILES string of the molecule is CC(NC1=NCCS1)c1ccco1. The van der Waals surface area contributed by atoms with Crippen molar-refractivity contribution in [2.24, 2.45) is 4.99 Å². The van der Waals surface area contributed by atoms with Crippen LogP contribution in [0.5, 0.6) is 0 Å². The number of amidine groups is 1. The minimum Gasteiger partial charge on any atom is -0.467 e. The molecule has 3 nitrogen and oxygen atoms in total. The van der Waals surface area contributed by atoms with E-state index >= 15 is 0 Å². The molecule has 4 heteroatoms. The average molecular weight is 196 g/mol. The molecule has 0 saturated heterocycles. The number of thioether (sulfide) groups is 1. The molecule has 2 heterocycles. The third kappa shape index (κ3) is 2.06. The second-order valence-electron chi connectivity index (χ2n) is 2.92. The topological polar surface area (TPSA) is 37.5 Å². The summed E-state index contributed by atoms with van der Waals surface area (Å²) in [6, 6.07) is 4.08. The quantitative estimate of drug-likeness (QED) is 0.786. The van der Waals surface area contributed by atoms with Crippen molar-refractivity contribution in [3.05, 3.63) is 24.2 Å². The van der Waals surface area contributed by atoms with Crippen LogP contribution in [-0.2, 0) is 0 Å². The van der Waals surface area contributed by atoms with Crippen LogP contribution in [0.1, 0.15) is 18.7 Å². The molecule has 0 amide bonds. The lowest BCUT2D eigenvalue weighted by atomic mass is 10.3. The van der Waals surface area contributed by atoms with Crippen LogP contribution in [0.15, 0.2) is 27.8 Å². The predicted molar refractivity (Wildman–Crippen MR) is 55.0 cm³/mol. The van der Waals surface area contributed by atoms with Crippen LogP contribution in [0.3, 0.4) is 0 Å². The third-order valence-electron chi connectivity index (χ3n) is 1.90. The van der Waals surface area contributed by atoms with Crippen LogP contribution < -0.4 is 5.32 Å². The number of hydrogen-bond acceptors (Lipinski definition) is 4. The summed E-state index contributed by atoms with van der Waals surface area (Å²) in [6.07, 6.45) is 1.69. The number of furan rings is 1. The lowest BCUT2D eigenvalue weighted by molar-refractivity contribution is 0.464. The molecule has 0 saturated carbocycles. The van der Waals surface area contributed by atoms with E-state index in [1.54, 1.807) is 18.0 Å². The Balaban J connectivity index is 1.95. The molecule has 13 heavy (non-hydrogen) atoms. The van der Waals surface area contributed by atoms with Crippen molar-refractivity contribution < 1.29 is 4.42 Å². The Kier molecular flexibility index (Phi) is 2.59. The molecular formula is C9H12N2OS. The zero-order chi connectivity index (χ0) is 9.10. The normalized spacial score (nSPS) is 18.4. The highest BCUT2D eigenvalue weighted by Gasteiger charge is 2.12. The minimum absolute atomic E-state index is 0.208. The smallest absolute Gasteiger partial charge is 0.157 e. The van der Waals surface area contributed by atoms with Gasteiger partial charge in [-0.3, -0.25) is 4.99 Å². The summed E-state index contributed by atoms with van der Waals surface area (Å²) in [7, 11) is 0. The van der Waals surface area contributed by atoms with Gasteiger partial charge in [0.25, 0.3) is 0 Å². The van der Waals surface area contributed by atoms with Gasteiger partial charge in [0.1, 0.15) is 5.76 Å². The van der Waals surface area contributed by atoms with Crippen molar-refractivity contribution in [1.29, 1.82) is 0 Å².